The van der Waals surface area contributed by atoms with Crippen LogP contribution in [-0.2, 0) is 7.05 Å². The van der Waals surface area contributed by atoms with E-state index in [0.29, 0.717) is 11.6 Å². The molecule has 1 aromatic carbocycles. The van der Waals surface area contributed by atoms with E-state index in [1.807, 2.05) is 35.7 Å². The zero-order chi connectivity index (χ0) is 14.8. The summed E-state index contributed by atoms with van der Waals surface area (Å²) in [6.07, 6.45) is 3.39. The van der Waals surface area contributed by atoms with Gasteiger partial charge in [0.25, 0.3) is 0 Å². The normalized spacial score (nSPS) is 10.6. The van der Waals surface area contributed by atoms with Crippen LogP contribution >= 0.6 is 0 Å². The van der Waals surface area contributed by atoms with Crippen LogP contribution in [0.25, 0.3) is 11.6 Å². The van der Waals surface area contributed by atoms with Crippen molar-refractivity contribution in [3.8, 4) is 11.6 Å². The summed E-state index contributed by atoms with van der Waals surface area (Å²) in [6.45, 7) is 2.07. The summed E-state index contributed by atoms with van der Waals surface area (Å²) >= 11 is 0. The molecule has 0 unspecified atom stereocenters. The lowest BCUT2D eigenvalue weighted by Gasteiger charge is -2.18. The monoisotopic (exact) mass is 280 g/mol. The number of hydrogen-bond acceptors (Lipinski definition) is 5. The Balaban J connectivity index is 1.99. The van der Waals surface area contributed by atoms with Gasteiger partial charge >= 0.3 is 0 Å². The Bertz CT molecular complexity index is 750. The topological polar surface area (TPSA) is 59.7 Å². The number of aryl methyl sites for hydroxylation is 1. The molecule has 3 aromatic rings. The Morgan fingerprint density at radius 3 is 2.52 bits per heavy atom. The van der Waals surface area contributed by atoms with Crippen molar-refractivity contribution in [2.24, 2.45) is 7.05 Å². The number of hydrogen-bond donors (Lipinski definition) is 0. The molecular formula is C15H16N6. The number of benzene rings is 1. The quantitative estimate of drug-likeness (QED) is 0.737. The minimum atomic E-state index is 0.566. The lowest BCUT2D eigenvalue weighted by Crippen LogP contribution is -2.14. The van der Waals surface area contributed by atoms with Crippen LogP contribution in [0.5, 0.6) is 0 Å². The Hall–Kier alpha value is -2.76. The molecule has 0 radical (unpaired) electrons. The molecule has 106 valence electrons. The average Bonchev–Trinajstić information content (AvgIpc) is 2.89. The first kappa shape index (κ1) is 13.2. The van der Waals surface area contributed by atoms with Crippen LogP contribution in [0.1, 0.15) is 5.56 Å². The number of nitrogens with zero attached hydrogens (tertiary/aromatic N) is 6. The largest absolute Gasteiger partial charge is 0.314 e. The molecule has 6 nitrogen and oxygen atoms in total. The van der Waals surface area contributed by atoms with Crippen LogP contribution in [0.2, 0.25) is 0 Å². The summed E-state index contributed by atoms with van der Waals surface area (Å²) < 4.78 is 1.89. The van der Waals surface area contributed by atoms with Gasteiger partial charge in [0.15, 0.2) is 5.82 Å². The molecule has 0 fully saturated rings. The molecule has 6 heteroatoms. The van der Waals surface area contributed by atoms with Crippen molar-refractivity contribution in [3.05, 3.63) is 48.3 Å². The molecule has 0 saturated carbocycles. The van der Waals surface area contributed by atoms with E-state index < -0.39 is 0 Å². The van der Waals surface area contributed by atoms with E-state index in [1.54, 1.807) is 18.5 Å². The highest BCUT2D eigenvalue weighted by Crippen LogP contribution is 2.24. The Morgan fingerprint density at radius 1 is 1.05 bits per heavy atom. The number of aromatic nitrogens is 5. The van der Waals surface area contributed by atoms with Crippen LogP contribution in [-0.4, -0.2) is 31.8 Å². The smallest absolute Gasteiger partial charge is 0.231 e. The molecule has 2 aromatic heterocycles. The maximum absolute atomic E-state index is 4.26. The van der Waals surface area contributed by atoms with E-state index in [2.05, 4.69) is 39.2 Å². The molecule has 0 N–H and O–H groups in total. The van der Waals surface area contributed by atoms with E-state index in [-0.39, 0.29) is 0 Å². The lowest BCUT2D eigenvalue weighted by atomic mass is 10.2. The highest BCUT2D eigenvalue weighted by Gasteiger charge is 2.16. The summed E-state index contributed by atoms with van der Waals surface area (Å²) in [4.78, 5) is 10.4. The standard InChI is InChI=1S/C15H16N6/c1-11-6-4-7-12(10-11)20(2)15-19-18-14(21(15)3)13-16-8-5-9-17-13/h4-10H,1-3H3. The molecule has 0 aliphatic carbocycles. The van der Waals surface area contributed by atoms with Crippen molar-refractivity contribution in [1.29, 1.82) is 0 Å². The van der Waals surface area contributed by atoms with Crippen molar-refractivity contribution >= 4 is 11.6 Å². The second kappa shape index (κ2) is 5.32. The summed E-state index contributed by atoms with van der Waals surface area (Å²) in [5, 5.41) is 8.46. The minimum Gasteiger partial charge on any atom is -0.314 e. The van der Waals surface area contributed by atoms with Gasteiger partial charge in [-0.05, 0) is 30.7 Å². The molecule has 0 aliphatic rings. The van der Waals surface area contributed by atoms with Gasteiger partial charge < -0.3 is 4.90 Å². The fraction of sp³-hybridized carbons (Fsp3) is 0.200. The Kier molecular flexibility index (Phi) is 3.35. The third-order valence-electron chi connectivity index (χ3n) is 3.31. The van der Waals surface area contributed by atoms with Gasteiger partial charge in [-0.1, -0.05) is 12.1 Å². The third-order valence-corrected chi connectivity index (χ3v) is 3.31. The Morgan fingerprint density at radius 2 is 1.81 bits per heavy atom. The first-order valence-electron chi connectivity index (χ1n) is 6.64. The fourth-order valence-corrected chi connectivity index (χ4v) is 2.17. The van der Waals surface area contributed by atoms with Crippen LogP contribution in [0.4, 0.5) is 11.6 Å². The van der Waals surface area contributed by atoms with Crippen molar-refractivity contribution in [2.75, 3.05) is 11.9 Å². The highest BCUT2D eigenvalue weighted by molar-refractivity contribution is 5.59. The summed E-state index contributed by atoms with van der Waals surface area (Å²) in [6, 6.07) is 10.0. The predicted octanol–water partition coefficient (Wildman–Crippen LogP) is 2.35. The van der Waals surface area contributed by atoms with Gasteiger partial charge in [-0.15, -0.1) is 10.2 Å². The summed E-state index contributed by atoms with van der Waals surface area (Å²) in [5.74, 6) is 1.95. The van der Waals surface area contributed by atoms with Crippen LogP contribution in [0, 0.1) is 6.92 Å². The molecular weight excluding hydrogens is 264 g/mol. The first-order chi connectivity index (χ1) is 10.2. The zero-order valence-corrected chi connectivity index (χ0v) is 12.2. The molecule has 0 amide bonds. The number of rotatable bonds is 3. The summed E-state index contributed by atoms with van der Waals surface area (Å²) in [5.41, 5.74) is 2.26. The lowest BCUT2D eigenvalue weighted by molar-refractivity contribution is 0.880. The van der Waals surface area contributed by atoms with Crippen molar-refractivity contribution in [1.82, 2.24) is 24.7 Å². The van der Waals surface area contributed by atoms with E-state index in [0.717, 1.165) is 11.6 Å². The maximum Gasteiger partial charge on any atom is 0.231 e. The van der Waals surface area contributed by atoms with E-state index in [1.165, 1.54) is 5.56 Å². The second-order valence-corrected chi connectivity index (χ2v) is 4.85. The van der Waals surface area contributed by atoms with Crippen molar-refractivity contribution < 1.29 is 0 Å². The Labute approximate surface area is 123 Å². The molecule has 21 heavy (non-hydrogen) atoms. The molecule has 0 saturated heterocycles. The van der Waals surface area contributed by atoms with Gasteiger partial charge in [-0.2, -0.15) is 0 Å². The fourth-order valence-electron chi connectivity index (χ4n) is 2.17. The third kappa shape index (κ3) is 2.47. The van der Waals surface area contributed by atoms with Gasteiger partial charge in [0.1, 0.15) is 0 Å². The van der Waals surface area contributed by atoms with Gasteiger partial charge in [-0.25, -0.2) is 9.97 Å². The van der Waals surface area contributed by atoms with E-state index >= 15 is 0 Å². The minimum absolute atomic E-state index is 0.566. The molecule has 0 spiro atoms. The van der Waals surface area contributed by atoms with E-state index in [4.69, 9.17) is 0 Å². The molecule has 0 atom stereocenters. The van der Waals surface area contributed by atoms with Crippen molar-refractivity contribution in [2.45, 2.75) is 6.92 Å². The highest BCUT2D eigenvalue weighted by atomic mass is 15.4. The van der Waals surface area contributed by atoms with Crippen molar-refractivity contribution in [3.63, 3.8) is 0 Å². The SMILES string of the molecule is Cc1cccc(N(C)c2nnc(-c3ncccn3)n2C)c1. The second-order valence-electron chi connectivity index (χ2n) is 4.85. The molecule has 0 aliphatic heterocycles. The zero-order valence-electron chi connectivity index (χ0n) is 12.2. The van der Waals surface area contributed by atoms with Gasteiger partial charge in [-0.3, -0.25) is 4.57 Å². The van der Waals surface area contributed by atoms with Crippen LogP contribution in [0.3, 0.4) is 0 Å². The number of anilines is 2. The predicted molar refractivity (Wildman–Crippen MR) is 81.3 cm³/mol. The average molecular weight is 280 g/mol. The van der Waals surface area contributed by atoms with Crippen LogP contribution < -0.4 is 4.90 Å². The van der Waals surface area contributed by atoms with Crippen LogP contribution in [0.15, 0.2) is 42.7 Å². The van der Waals surface area contributed by atoms with Gasteiger partial charge in [0.05, 0.1) is 0 Å². The van der Waals surface area contributed by atoms with Gasteiger partial charge in [0, 0.05) is 32.2 Å². The molecule has 2 heterocycles. The van der Waals surface area contributed by atoms with E-state index in [9.17, 15) is 0 Å². The molecule has 3 rings (SSSR count). The first-order valence-corrected chi connectivity index (χ1v) is 6.64. The summed E-state index contributed by atoms with van der Waals surface area (Å²) in [7, 11) is 3.88. The molecule has 0 bridgehead atoms. The van der Waals surface area contributed by atoms with Gasteiger partial charge in [0.2, 0.25) is 11.8 Å². The maximum atomic E-state index is 4.26.